The Morgan fingerprint density at radius 3 is 2.17 bits per heavy atom. The van der Waals surface area contributed by atoms with Gasteiger partial charge in [0, 0.05) is 0 Å². The van der Waals surface area contributed by atoms with Crippen LogP contribution in [-0.4, -0.2) is 11.8 Å². The molecule has 0 N–H and O–H groups in total. The largest absolute Gasteiger partial charge is 0.274 e. The fourth-order valence-electron chi connectivity index (χ4n) is 6.49. The Bertz CT molecular complexity index is 720. The van der Waals surface area contributed by atoms with E-state index in [0.29, 0.717) is 11.8 Å². The number of imide groups is 1. The molecule has 1 aliphatic heterocycles. The Labute approximate surface area is 136 Å². The number of carbonyl (C=O) groups is 2. The van der Waals surface area contributed by atoms with E-state index in [9.17, 15) is 9.59 Å². The van der Waals surface area contributed by atoms with E-state index >= 15 is 0 Å². The third kappa shape index (κ3) is 1.47. The summed E-state index contributed by atoms with van der Waals surface area (Å²) in [5, 5.41) is 0. The van der Waals surface area contributed by atoms with Gasteiger partial charge >= 0.3 is 0 Å². The average Bonchev–Trinajstić information content (AvgIpc) is 3.20. The number of benzene rings is 1. The summed E-state index contributed by atoms with van der Waals surface area (Å²) in [5.41, 5.74) is 3.57. The third-order valence-corrected chi connectivity index (χ3v) is 7.49. The molecule has 7 rings (SSSR count). The molecule has 6 aliphatic rings. The van der Waals surface area contributed by atoms with Crippen LogP contribution >= 0.6 is 0 Å². The molecule has 4 saturated carbocycles. The zero-order valence-electron chi connectivity index (χ0n) is 13.2. The summed E-state index contributed by atoms with van der Waals surface area (Å²) in [7, 11) is 0. The monoisotopic (exact) mass is 307 g/mol. The molecular weight excluding hydrogens is 286 g/mol. The van der Waals surface area contributed by atoms with Crippen LogP contribution in [0.5, 0.6) is 0 Å². The molecule has 3 nitrogen and oxygen atoms in total. The second-order valence-corrected chi connectivity index (χ2v) is 8.34. The van der Waals surface area contributed by atoms with Crippen molar-refractivity contribution in [3.8, 4) is 0 Å². The highest BCUT2D eigenvalue weighted by Gasteiger charge is 2.68. The zero-order valence-corrected chi connectivity index (χ0v) is 13.2. The van der Waals surface area contributed by atoms with Crippen molar-refractivity contribution in [1.29, 1.82) is 0 Å². The van der Waals surface area contributed by atoms with Crippen molar-refractivity contribution in [2.45, 2.75) is 38.5 Å². The molecule has 1 saturated heterocycles. The van der Waals surface area contributed by atoms with E-state index in [2.05, 4.69) is 12.1 Å². The lowest BCUT2D eigenvalue weighted by atomic mass is 9.59. The van der Waals surface area contributed by atoms with E-state index < -0.39 is 0 Å². The number of rotatable bonds is 1. The minimum absolute atomic E-state index is 0.00162. The van der Waals surface area contributed by atoms with Crippen molar-refractivity contribution in [1.82, 2.24) is 0 Å². The van der Waals surface area contributed by atoms with Gasteiger partial charge in [-0.15, -0.1) is 0 Å². The molecule has 118 valence electrons. The van der Waals surface area contributed by atoms with Crippen LogP contribution < -0.4 is 4.90 Å². The minimum Gasteiger partial charge on any atom is -0.274 e. The van der Waals surface area contributed by atoms with E-state index in [-0.39, 0.29) is 23.7 Å². The van der Waals surface area contributed by atoms with Crippen LogP contribution in [-0.2, 0) is 22.4 Å². The highest BCUT2D eigenvalue weighted by molar-refractivity contribution is 6.22. The molecule has 5 fully saturated rings. The second kappa shape index (κ2) is 4.06. The Balaban J connectivity index is 1.42. The van der Waals surface area contributed by atoms with Crippen molar-refractivity contribution >= 4 is 17.5 Å². The summed E-state index contributed by atoms with van der Waals surface area (Å²) in [6.45, 7) is 0. The summed E-state index contributed by atoms with van der Waals surface area (Å²) in [6, 6.07) is 6.24. The lowest BCUT2D eigenvalue weighted by Gasteiger charge is -2.42. The van der Waals surface area contributed by atoms with E-state index in [1.165, 1.54) is 36.8 Å². The number of amides is 2. The van der Waals surface area contributed by atoms with Crippen LogP contribution in [0.3, 0.4) is 0 Å². The molecule has 2 bridgehead atoms. The van der Waals surface area contributed by atoms with E-state index in [1.807, 2.05) is 6.07 Å². The van der Waals surface area contributed by atoms with Gasteiger partial charge in [-0.2, -0.15) is 0 Å². The molecule has 6 atom stereocenters. The van der Waals surface area contributed by atoms with Crippen LogP contribution in [0.1, 0.15) is 36.8 Å². The van der Waals surface area contributed by atoms with E-state index in [0.717, 1.165) is 30.4 Å². The number of hydrogen-bond acceptors (Lipinski definition) is 2. The van der Waals surface area contributed by atoms with Crippen molar-refractivity contribution in [2.75, 3.05) is 4.90 Å². The maximum absolute atomic E-state index is 13.1. The SMILES string of the molecule is O=C1C2C3CCC(C4CC43)C2C(=O)N1c1ccc2c(c1)CCC2. The van der Waals surface area contributed by atoms with Crippen LogP contribution in [0.25, 0.3) is 0 Å². The predicted octanol–water partition coefficient (Wildman–Crippen LogP) is 2.96. The van der Waals surface area contributed by atoms with Crippen LogP contribution in [0.4, 0.5) is 5.69 Å². The van der Waals surface area contributed by atoms with Gasteiger partial charge in [0.05, 0.1) is 17.5 Å². The van der Waals surface area contributed by atoms with Crippen molar-refractivity contribution in [2.24, 2.45) is 35.5 Å². The second-order valence-electron chi connectivity index (χ2n) is 8.34. The van der Waals surface area contributed by atoms with Gasteiger partial charge in [-0.3, -0.25) is 14.5 Å². The number of carbonyl (C=O) groups excluding carboxylic acids is 2. The average molecular weight is 307 g/mol. The molecule has 3 heteroatoms. The summed E-state index contributed by atoms with van der Waals surface area (Å²) in [5.74, 6) is 2.71. The number of aryl methyl sites for hydroxylation is 2. The lowest BCUT2D eigenvalue weighted by molar-refractivity contribution is -0.129. The first-order valence-electron chi connectivity index (χ1n) is 9.23. The predicted molar refractivity (Wildman–Crippen MR) is 85.8 cm³/mol. The molecule has 0 aromatic heterocycles. The van der Waals surface area contributed by atoms with Gasteiger partial charge in [0.15, 0.2) is 0 Å². The van der Waals surface area contributed by atoms with E-state index in [4.69, 9.17) is 0 Å². The highest BCUT2D eigenvalue weighted by atomic mass is 16.2. The fourth-order valence-corrected chi connectivity index (χ4v) is 6.49. The van der Waals surface area contributed by atoms with Gasteiger partial charge in [-0.25, -0.2) is 0 Å². The normalized spacial score (nSPS) is 42.7. The van der Waals surface area contributed by atoms with Gasteiger partial charge in [0.2, 0.25) is 11.8 Å². The Morgan fingerprint density at radius 1 is 0.826 bits per heavy atom. The van der Waals surface area contributed by atoms with Crippen LogP contribution in [0.15, 0.2) is 18.2 Å². The molecule has 23 heavy (non-hydrogen) atoms. The Hall–Kier alpha value is -1.64. The quantitative estimate of drug-likeness (QED) is 0.748. The van der Waals surface area contributed by atoms with Gasteiger partial charge in [0.25, 0.3) is 0 Å². The molecule has 6 unspecified atom stereocenters. The van der Waals surface area contributed by atoms with Gasteiger partial charge in [-0.05, 0) is 85.5 Å². The summed E-state index contributed by atoms with van der Waals surface area (Å²) < 4.78 is 0. The highest BCUT2D eigenvalue weighted by Crippen LogP contribution is 2.68. The Kier molecular flexibility index (Phi) is 2.25. The maximum Gasteiger partial charge on any atom is 0.237 e. The van der Waals surface area contributed by atoms with Crippen molar-refractivity contribution < 1.29 is 9.59 Å². The molecule has 1 aromatic carbocycles. The standard InChI is InChI=1S/C20H21NO2/c22-19-17-13-6-7-14(16-9-15(13)16)18(17)20(23)21(19)12-5-4-10-2-1-3-11(10)8-12/h4-5,8,13-18H,1-3,6-7,9H2. The number of anilines is 1. The minimum atomic E-state index is -0.00162. The number of nitrogens with zero attached hydrogens (tertiary/aromatic N) is 1. The molecular formula is C20H21NO2. The number of fused-ring (bicyclic) bond motifs is 2. The van der Waals surface area contributed by atoms with Gasteiger partial charge in [-0.1, -0.05) is 6.07 Å². The first kappa shape index (κ1) is 12.7. The molecule has 0 spiro atoms. The third-order valence-electron chi connectivity index (χ3n) is 7.49. The fraction of sp³-hybridized carbons (Fsp3) is 0.600. The summed E-state index contributed by atoms with van der Waals surface area (Å²) in [6.07, 6.45) is 7.03. The number of hydrogen-bond donors (Lipinski definition) is 0. The summed E-state index contributed by atoms with van der Waals surface area (Å²) in [4.78, 5) is 27.8. The lowest BCUT2D eigenvalue weighted by Crippen LogP contribution is -2.43. The molecule has 1 aromatic rings. The topological polar surface area (TPSA) is 37.4 Å². The smallest absolute Gasteiger partial charge is 0.237 e. The molecule has 5 aliphatic carbocycles. The first-order chi connectivity index (χ1) is 11.2. The van der Waals surface area contributed by atoms with Crippen molar-refractivity contribution in [3.63, 3.8) is 0 Å². The molecule has 2 amide bonds. The molecule has 1 heterocycles. The van der Waals surface area contributed by atoms with Crippen molar-refractivity contribution in [3.05, 3.63) is 29.3 Å². The van der Waals surface area contributed by atoms with Crippen LogP contribution in [0, 0.1) is 35.5 Å². The van der Waals surface area contributed by atoms with Gasteiger partial charge < -0.3 is 0 Å². The van der Waals surface area contributed by atoms with Crippen LogP contribution in [0.2, 0.25) is 0 Å². The first-order valence-corrected chi connectivity index (χ1v) is 9.23. The maximum atomic E-state index is 13.1. The Morgan fingerprint density at radius 2 is 1.48 bits per heavy atom. The molecule has 0 radical (unpaired) electrons. The zero-order chi connectivity index (χ0) is 15.3. The van der Waals surface area contributed by atoms with Gasteiger partial charge in [0.1, 0.15) is 0 Å². The summed E-state index contributed by atoms with van der Waals surface area (Å²) >= 11 is 0. The van der Waals surface area contributed by atoms with E-state index in [1.54, 1.807) is 4.90 Å².